The van der Waals surface area contributed by atoms with Crippen molar-refractivity contribution >= 4 is 29.1 Å². The van der Waals surface area contributed by atoms with E-state index in [4.69, 9.17) is 31.2 Å². The van der Waals surface area contributed by atoms with Gasteiger partial charge in [-0.05, 0) is 62.0 Å². The Morgan fingerprint density at radius 3 is 2.00 bits per heavy atom. The highest BCUT2D eigenvalue weighted by Gasteiger charge is 2.17. The molecule has 0 radical (unpaired) electrons. The molecule has 32 heavy (non-hydrogen) atoms. The third-order valence-corrected chi connectivity index (χ3v) is 4.68. The molecular formula is C22H27N3O6S. The summed E-state index contributed by atoms with van der Waals surface area (Å²) >= 11 is 5.08. The van der Waals surface area contributed by atoms with Crippen LogP contribution in [0.5, 0.6) is 23.0 Å². The second-order valence-corrected chi connectivity index (χ2v) is 7.05. The molecular weight excluding hydrogens is 434 g/mol. The maximum absolute atomic E-state index is 12.5. The van der Waals surface area contributed by atoms with Crippen molar-refractivity contribution in [3.8, 4) is 23.0 Å². The van der Waals surface area contributed by atoms with Crippen LogP contribution in [0.4, 0.5) is 0 Å². The number of thiocarbonyl (C=S) groups is 1. The molecule has 172 valence electrons. The first kappa shape index (κ1) is 24.7. The number of methoxy groups -OCH3 is 3. The van der Waals surface area contributed by atoms with Gasteiger partial charge in [0.2, 0.25) is 5.75 Å². The molecule has 0 aliphatic carbocycles. The minimum Gasteiger partial charge on any atom is -0.493 e. The van der Waals surface area contributed by atoms with Crippen LogP contribution in [0, 0.1) is 0 Å². The Balaban J connectivity index is 1.95. The van der Waals surface area contributed by atoms with Crippen LogP contribution in [0.25, 0.3) is 0 Å². The molecule has 0 spiro atoms. The van der Waals surface area contributed by atoms with E-state index in [9.17, 15) is 9.59 Å². The van der Waals surface area contributed by atoms with Gasteiger partial charge in [-0.3, -0.25) is 25.8 Å². The highest BCUT2D eigenvalue weighted by Crippen LogP contribution is 2.38. The summed E-state index contributed by atoms with van der Waals surface area (Å²) in [6.07, 6.45) is 0.963. The lowest BCUT2D eigenvalue weighted by molar-refractivity contribution is 0.0934. The summed E-state index contributed by atoms with van der Waals surface area (Å²) in [6.45, 7) is 4.00. The van der Waals surface area contributed by atoms with Crippen LogP contribution in [0.2, 0.25) is 0 Å². The number of amides is 2. The molecule has 3 N–H and O–H groups in total. The molecule has 1 unspecified atom stereocenters. The van der Waals surface area contributed by atoms with Gasteiger partial charge in [-0.25, -0.2) is 0 Å². The third-order valence-electron chi connectivity index (χ3n) is 4.47. The summed E-state index contributed by atoms with van der Waals surface area (Å²) in [5.74, 6) is 0.742. The second-order valence-electron chi connectivity index (χ2n) is 6.64. The highest BCUT2D eigenvalue weighted by atomic mass is 32.1. The summed E-state index contributed by atoms with van der Waals surface area (Å²) in [5.41, 5.74) is 5.53. The lowest BCUT2D eigenvalue weighted by Gasteiger charge is -2.15. The average molecular weight is 462 g/mol. The van der Waals surface area contributed by atoms with E-state index in [-0.39, 0.29) is 16.8 Å². The van der Waals surface area contributed by atoms with Gasteiger partial charge < -0.3 is 18.9 Å². The molecule has 0 aliphatic rings. The molecule has 9 nitrogen and oxygen atoms in total. The largest absolute Gasteiger partial charge is 0.493 e. The van der Waals surface area contributed by atoms with Gasteiger partial charge in [0.05, 0.1) is 27.4 Å². The van der Waals surface area contributed by atoms with Crippen molar-refractivity contribution in [3.63, 3.8) is 0 Å². The summed E-state index contributed by atoms with van der Waals surface area (Å²) in [5, 5.41) is 2.42. The zero-order valence-electron chi connectivity index (χ0n) is 18.6. The number of benzene rings is 2. The Bertz CT molecular complexity index is 940. The first-order valence-corrected chi connectivity index (χ1v) is 10.2. The number of hydrogen-bond acceptors (Lipinski definition) is 7. The molecule has 10 heteroatoms. The Labute approximate surface area is 192 Å². The monoisotopic (exact) mass is 461 g/mol. The van der Waals surface area contributed by atoms with E-state index in [1.807, 2.05) is 13.8 Å². The number of hydrogen-bond donors (Lipinski definition) is 3. The maximum atomic E-state index is 12.5. The van der Waals surface area contributed by atoms with Crippen LogP contribution in [0.15, 0.2) is 36.4 Å². The zero-order valence-corrected chi connectivity index (χ0v) is 19.4. The Kier molecular flexibility index (Phi) is 9.08. The lowest BCUT2D eigenvalue weighted by Crippen LogP contribution is -2.48. The van der Waals surface area contributed by atoms with Gasteiger partial charge >= 0.3 is 0 Å². The van der Waals surface area contributed by atoms with E-state index in [1.165, 1.54) is 33.5 Å². The smallest absolute Gasteiger partial charge is 0.269 e. The molecule has 0 aromatic heterocycles. The van der Waals surface area contributed by atoms with Crippen molar-refractivity contribution in [3.05, 3.63) is 47.5 Å². The number of carbonyl (C=O) groups is 2. The maximum Gasteiger partial charge on any atom is 0.269 e. The predicted octanol–water partition coefficient (Wildman–Crippen LogP) is 2.84. The standard InChI is InChI=1S/C22H27N3O6S/c1-6-13(2)31-16-9-7-14(8-10-16)20(26)23-22(32)25-24-21(27)15-11-17(28-3)19(30-5)18(12-15)29-4/h7-13H,6H2,1-5H3,(H,24,27)(H2,23,25,26,32). The molecule has 2 aromatic rings. The summed E-state index contributed by atoms with van der Waals surface area (Å²) in [7, 11) is 4.37. The fourth-order valence-corrected chi connectivity index (χ4v) is 2.75. The average Bonchev–Trinajstić information content (AvgIpc) is 2.81. The fourth-order valence-electron chi connectivity index (χ4n) is 2.60. The molecule has 0 heterocycles. The van der Waals surface area contributed by atoms with Crippen LogP contribution < -0.4 is 35.1 Å². The van der Waals surface area contributed by atoms with Crippen molar-refractivity contribution in [2.75, 3.05) is 21.3 Å². The number of ether oxygens (including phenoxy) is 4. The Morgan fingerprint density at radius 1 is 0.906 bits per heavy atom. The highest BCUT2D eigenvalue weighted by molar-refractivity contribution is 7.80. The molecule has 2 amide bonds. The summed E-state index contributed by atoms with van der Waals surface area (Å²) in [6, 6.07) is 9.66. The Morgan fingerprint density at radius 2 is 1.50 bits per heavy atom. The molecule has 0 aliphatic heterocycles. The van der Waals surface area contributed by atoms with Crippen molar-refractivity contribution in [1.29, 1.82) is 0 Å². The minimum absolute atomic E-state index is 0.0734. The van der Waals surface area contributed by atoms with Gasteiger partial charge in [-0.2, -0.15) is 0 Å². The fraction of sp³-hybridized carbons (Fsp3) is 0.318. The van der Waals surface area contributed by atoms with Crippen molar-refractivity contribution in [2.45, 2.75) is 26.4 Å². The predicted molar refractivity (Wildman–Crippen MR) is 124 cm³/mol. The molecule has 2 aromatic carbocycles. The normalized spacial score (nSPS) is 11.0. The number of nitrogens with one attached hydrogen (secondary N) is 3. The number of rotatable bonds is 8. The number of carbonyl (C=O) groups excluding carboxylic acids is 2. The van der Waals surface area contributed by atoms with Crippen LogP contribution >= 0.6 is 12.2 Å². The van der Waals surface area contributed by atoms with E-state index in [2.05, 4.69) is 16.2 Å². The molecule has 0 saturated carbocycles. The topological polar surface area (TPSA) is 107 Å². The molecule has 0 bridgehead atoms. The zero-order chi connectivity index (χ0) is 23.7. The van der Waals surface area contributed by atoms with E-state index >= 15 is 0 Å². The molecule has 1 atom stereocenters. The molecule has 2 rings (SSSR count). The minimum atomic E-state index is -0.521. The molecule has 0 fully saturated rings. The van der Waals surface area contributed by atoms with Gasteiger partial charge in [0.15, 0.2) is 16.6 Å². The van der Waals surface area contributed by atoms with Gasteiger partial charge in [-0.1, -0.05) is 6.92 Å². The van der Waals surface area contributed by atoms with Gasteiger partial charge in [-0.15, -0.1) is 0 Å². The summed E-state index contributed by atoms with van der Waals surface area (Å²) in [4.78, 5) is 24.8. The second kappa shape index (κ2) is 11.8. The van der Waals surface area contributed by atoms with Crippen LogP contribution in [-0.4, -0.2) is 44.4 Å². The van der Waals surface area contributed by atoms with Crippen LogP contribution in [-0.2, 0) is 0 Å². The SMILES string of the molecule is CCC(C)Oc1ccc(C(=O)NC(=S)NNC(=O)c2cc(OC)c(OC)c(OC)c2)cc1. The van der Waals surface area contributed by atoms with Crippen molar-refractivity contribution in [2.24, 2.45) is 0 Å². The van der Waals surface area contributed by atoms with E-state index < -0.39 is 11.8 Å². The van der Waals surface area contributed by atoms with E-state index in [1.54, 1.807) is 24.3 Å². The first-order valence-electron chi connectivity index (χ1n) is 9.81. The first-order chi connectivity index (χ1) is 15.3. The van der Waals surface area contributed by atoms with E-state index in [0.29, 0.717) is 28.6 Å². The van der Waals surface area contributed by atoms with Crippen molar-refractivity contribution < 1.29 is 28.5 Å². The quantitative estimate of drug-likeness (QED) is 0.407. The summed E-state index contributed by atoms with van der Waals surface area (Å²) < 4.78 is 21.4. The van der Waals surface area contributed by atoms with Crippen LogP contribution in [0.3, 0.4) is 0 Å². The van der Waals surface area contributed by atoms with Gasteiger partial charge in [0, 0.05) is 11.1 Å². The molecule has 0 saturated heterocycles. The van der Waals surface area contributed by atoms with Gasteiger partial charge in [0.25, 0.3) is 11.8 Å². The van der Waals surface area contributed by atoms with Crippen molar-refractivity contribution in [1.82, 2.24) is 16.2 Å². The van der Waals surface area contributed by atoms with Crippen LogP contribution in [0.1, 0.15) is 41.0 Å². The Hall–Kier alpha value is -3.53. The van der Waals surface area contributed by atoms with Gasteiger partial charge in [0.1, 0.15) is 5.75 Å². The van der Waals surface area contributed by atoms with E-state index in [0.717, 1.165) is 6.42 Å². The number of hydrazine groups is 1. The third kappa shape index (κ3) is 6.48. The lowest BCUT2D eigenvalue weighted by atomic mass is 10.1.